The van der Waals surface area contributed by atoms with Crippen molar-refractivity contribution in [3.8, 4) is 5.75 Å². The van der Waals surface area contributed by atoms with Crippen molar-refractivity contribution in [2.75, 3.05) is 19.9 Å². The number of ketones is 1. The molecule has 0 saturated carbocycles. The van der Waals surface area contributed by atoms with E-state index in [1.54, 1.807) is 14.2 Å². The Kier molecular flexibility index (Phi) is 10.3. The summed E-state index contributed by atoms with van der Waals surface area (Å²) in [5.41, 5.74) is 3.08. The van der Waals surface area contributed by atoms with E-state index in [2.05, 4.69) is 34.2 Å². The van der Waals surface area contributed by atoms with E-state index in [1.807, 2.05) is 60.7 Å². The number of methoxy groups -OCH3 is 1. The molecule has 31 heavy (non-hydrogen) atoms. The van der Waals surface area contributed by atoms with Crippen molar-refractivity contribution >= 4 is 39.7 Å². The summed E-state index contributed by atoms with van der Waals surface area (Å²) in [7, 11) is 3.44. The fourth-order valence-corrected chi connectivity index (χ4v) is 3.95. The Morgan fingerprint density at radius 2 is 1.42 bits per heavy atom. The van der Waals surface area contributed by atoms with Crippen LogP contribution in [0.15, 0.2) is 89.9 Å². The summed E-state index contributed by atoms with van der Waals surface area (Å²) in [6, 6.07) is 27.7. The van der Waals surface area contributed by atoms with Crippen molar-refractivity contribution in [3.63, 3.8) is 0 Å². The van der Waals surface area contributed by atoms with Crippen LogP contribution in [-0.4, -0.2) is 35.8 Å². The molecule has 3 rings (SSSR count). The highest BCUT2D eigenvalue weighted by Gasteiger charge is 2.16. The second-order valence-electron chi connectivity index (χ2n) is 6.77. The number of benzene rings is 3. The maximum Gasteiger partial charge on any atom is 0.173 e. The second-order valence-corrected chi connectivity index (χ2v) is 7.72. The van der Waals surface area contributed by atoms with Gasteiger partial charge in [-0.15, -0.1) is 17.0 Å². The first-order valence-corrected chi connectivity index (χ1v) is 10.8. The largest absolute Gasteiger partial charge is 0.497 e. The minimum atomic E-state index is 0. The molecule has 0 aliphatic rings. The Balaban J connectivity index is 0.00000341. The predicted octanol–water partition coefficient (Wildman–Crippen LogP) is 5.88. The highest BCUT2D eigenvalue weighted by Crippen LogP contribution is 2.20. The van der Waals surface area contributed by atoms with E-state index in [9.17, 15) is 4.79 Å². The topological polar surface area (TPSA) is 41.9 Å². The summed E-state index contributed by atoms with van der Waals surface area (Å²) in [5, 5.41) is 0.846. The van der Waals surface area contributed by atoms with Crippen molar-refractivity contribution < 1.29 is 9.53 Å². The van der Waals surface area contributed by atoms with Crippen LogP contribution in [0.1, 0.15) is 21.5 Å². The SMILES string of the molecule is Br.CN=C(SCC(=O)c1ccccc1)N(Cc1ccccc1)Cc1ccc(OC)cc1. The number of halogens is 1. The second kappa shape index (κ2) is 13.0. The zero-order valence-corrected chi connectivity index (χ0v) is 20.3. The van der Waals surface area contributed by atoms with Crippen molar-refractivity contribution in [2.45, 2.75) is 13.1 Å². The smallest absolute Gasteiger partial charge is 0.173 e. The van der Waals surface area contributed by atoms with Crippen LogP contribution in [0.5, 0.6) is 5.75 Å². The van der Waals surface area contributed by atoms with Crippen molar-refractivity contribution in [3.05, 3.63) is 102 Å². The van der Waals surface area contributed by atoms with Gasteiger partial charge in [0.25, 0.3) is 0 Å². The normalized spacial score (nSPS) is 10.8. The number of hydrogen-bond donors (Lipinski definition) is 0. The Bertz CT molecular complexity index is 964. The number of aliphatic imine (C=N–C) groups is 1. The summed E-state index contributed by atoms with van der Waals surface area (Å²) in [4.78, 5) is 19.3. The molecule has 0 spiro atoms. The molecule has 0 fully saturated rings. The molecule has 0 heterocycles. The number of ether oxygens (including phenoxy) is 1. The zero-order valence-electron chi connectivity index (χ0n) is 17.7. The van der Waals surface area contributed by atoms with Gasteiger partial charge in [0.2, 0.25) is 0 Å². The number of carbonyl (C=O) groups excluding carboxylic acids is 1. The Morgan fingerprint density at radius 3 is 1.97 bits per heavy atom. The summed E-state index contributed by atoms with van der Waals surface area (Å²) < 4.78 is 5.27. The maximum atomic E-state index is 12.6. The molecular weight excluding hydrogens is 472 g/mol. The van der Waals surface area contributed by atoms with Gasteiger partial charge in [0.05, 0.1) is 12.9 Å². The number of amidine groups is 1. The molecule has 162 valence electrons. The number of carbonyl (C=O) groups is 1. The lowest BCUT2D eigenvalue weighted by molar-refractivity contribution is 0.102. The van der Waals surface area contributed by atoms with Gasteiger partial charge in [0.1, 0.15) is 5.75 Å². The van der Waals surface area contributed by atoms with Gasteiger partial charge in [-0.1, -0.05) is 84.6 Å². The first-order valence-electron chi connectivity index (χ1n) is 9.79. The monoisotopic (exact) mass is 498 g/mol. The fraction of sp³-hybridized carbons (Fsp3) is 0.200. The summed E-state index contributed by atoms with van der Waals surface area (Å²) in [6.45, 7) is 1.41. The van der Waals surface area contributed by atoms with Crippen molar-refractivity contribution in [1.29, 1.82) is 0 Å². The molecule has 0 aliphatic carbocycles. The number of hydrogen-bond acceptors (Lipinski definition) is 4. The quantitative estimate of drug-likeness (QED) is 0.221. The molecule has 6 heteroatoms. The highest BCUT2D eigenvalue weighted by atomic mass is 79.9. The third kappa shape index (κ3) is 7.56. The van der Waals surface area contributed by atoms with Crippen LogP contribution in [0, 0.1) is 0 Å². The van der Waals surface area contributed by atoms with Crippen LogP contribution in [0.4, 0.5) is 0 Å². The number of rotatable bonds is 8. The van der Waals surface area contributed by atoms with Crippen LogP contribution in [-0.2, 0) is 13.1 Å². The fourth-order valence-electron chi connectivity index (χ4n) is 3.08. The number of Topliss-reactive ketones (excluding diaryl/α,β-unsaturated/α-hetero) is 1. The Hall–Kier alpha value is -2.57. The van der Waals surface area contributed by atoms with Gasteiger partial charge in [-0.2, -0.15) is 0 Å². The first-order chi connectivity index (χ1) is 14.7. The van der Waals surface area contributed by atoms with E-state index in [0.717, 1.165) is 22.0 Å². The van der Waals surface area contributed by atoms with Gasteiger partial charge in [-0.3, -0.25) is 9.79 Å². The maximum absolute atomic E-state index is 12.6. The molecule has 3 aromatic carbocycles. The third-order valence-electron chi connectivity index (χ3n) is 4.64. The molecule has 0 unspecified atom stereocenters. The third-order valence-corrected chi connectivity index (χ3v) is 5.74. The minimum Gasteiger partial charge on any atom is -0.497 e. The summed E-state index contributed by atoms with van der Waals surface area (Å²) in [6.07, 6.45) is 0. The average molecular weight is 499 g/mol. The molecular formula is C25H27BrN2O2S. The van der Waals surface area contributed by atoms with Gasteiger partial charge >= 0.3 is 0 Å². The van der Waals surface area contributed by atoms with Gasteiger partial charge in [-0.25, -0.2) is 0 Å². The summed E-state index contributed by atoms with van der Waals surface area (Å²) >= 11 is 1.48. The van der Waals surface area contributed by atoms with E-state index in [0.29, 0.717) is 18.8 Å². The van der Waals surface area contributed by atoms with Crippen LogP contribution < -0.4 is 4.74 Å². The molecule has 0 N–H and O–H groups in total. The summed E-state index contributed by atoms with van der Waals surface area (Å²) in [5.74, 6) is 1.29. The van der Waals surface area contributed by atoms with E-state index in [-0.39, 0.29) is 22.8 Å². The van der Waals surface area contributed by atoms with Crippen LogP contribution in [0.2, 0.25) is 0 Å². The Morgan fingerprint density at radius 1 is 0.871 bits per heavy atom. The van der Waals surface area contributed by atoms with E-state index in [4.69, 9.17) is 4.74 Å². The molecule has 0 atom stereocenters. The minimum absolute atomic E-state index is 0. The molecule has 0 radical (unpaired) electrons. The molecule has 0 aromatic heterocycles. The molecule has 4 nitrogen and oxygen atoms in total. The van der Waals surface area contributed by atoms with Crippen LogP contribution >= 0.6 is 28.7 Å². The van der Waals surface area contributed by atoms with Gasteiger partial charge < -0.3 is 9.64 Å². The Labute approximate surface area is 199 Å². The lowest BCUT2D eigenvalue weighted by Crippen LogP contribution is -2.29. The highest BCUT2D eigenvalue weighted by molar-refractivity contribution is 8.93. The predicted molar refractivity (Wildman–Crippen MR) is 136 cm³/mol. The van der Waals surface area contributed by atoms with Gasteiger partial charge in [-0.05, 0) is 23.3 Å². The van der Waals surface area contributed by atoms with E-state index < -0.39 is 0 Å². The van der Waals surface area contributed by atoms with Crippen molar-refractivity contribution in [2.24, 2.45) is 4.99 Å². The van der Waals surface area contributed by atoms with Crippen LogP contribution in [0.25, 0.3) is 0 Å². The number of nitrogens with zero attached hydrogens (tertiary/aromatic N) is 2. The lowest BCUT2D eigenvalue weighted by atomic mass is 10.1. The molecule has 3 aromatic rings. The number of thioether (sulfide) groups is 1. The molecule has 0 saturated heterocycles. The van der Waals surface area contributed by atoms with Gasteiger partial charge in [0.15, 0.2) is 11.0 Å². The van der Waals surface area contributed by atoms with Gasteiger partial charge in [0, 0.05) is 25.7 Å². The molecule has 0 amide bonds. The zero-order chi connectivity index (χ0) is 21.2. The average Bonchev–Trinajstić information content (AvgIpc) is 2.81. The van der Waals surface area contributed by atoms with E-state index >= 15 is 0 Å². The van der Waals surface area contributed by atoms with Crippen molar-refractivity contribution in [1.82, 2.24) is 4.90 Å². The lowest BCUT2D eigenvalue weighted by Gasteiger charge is -2.26. The molecule has 0 bridgehead atoms. The standard InChI is InChI=1S/C25H26N2O2S.BrH/c1-26-25(30-19-24(28)22-11-7-4-8-12-22)27(17-20-9-5-3-6-10-20)18-21-13-15-23(29-2)16-14-21;/h3-16H,17-19H2,1-2H3;1H. The molecule has 0 aliphatic heterocycles. The van der Waals surface area contributed by atoms with Crippen LogP contribution in [0.3, 0.4) is 0 Å². The first kappa shape index (κ1) is 24.7. The van der Waals surface area contributed by atoms with E-state index in [1.165, 1.54) is 17.3 Å².